The number of hydrogen-bond acceptors (Lipinski definition) is 5. The van der Waals surface area contributed by atoms with Gasteiger partial charge in [-0.15, -0.1) is 0 Å². The second-order valence-corrected chi connectivity index (χ2v) is 7.00. The molecule has 2 aromatic rings. The van der Waals surface area contributed by atoms with E-state index in [4.69, 9.17) is 0 Å². The molecule has 8 heteroatoms. The summed E-state index contributed by atoms with van der Waals surface area (Å²) in [6, 6.07) is 5.73. The number of rotatable bonds is 5. The molecule has 0 radical (unpaired) electrons. The van der Waals surface area contributed by atoms with Crippen LogP contribution >= 0.6 is 0 Å². The molecule has 1 aliphatic heterocycles. The van der Waals surface area contributed by atoms with E-state index in [1.807, 2.05) is 0 Å². The monoisotopic (exact) mass is 380 g/mol. The Balaban J connectivity index is 1.51. The Morgan fingerprint density at radius 3 is 2.61 bits per heavy atom. The molecule has 2 aliphatic rings. The summed E-state index contributed by atoms with van der Waals surface area (Å²) in [6.07, 6.45) is 8.60. The third kappa shape index (κ3) is 3.33. The van der Waals surface area contributed by atoms with Gasteiger partial charge in [0.15, 0.2) is 0 Å². The summed E-state index contributed by atoms with van der Waals surface area (Å²) in [5, 5.41) is 0. The number of carbonyl (C=O) groups excluding carboxylic acids is 3. The third-order valence-electron chi connectivity index (χ3n) is 5.12. The van der Waals surface area contributed by atoms with Crippen LogP contribution in [0.1, 0.15) is 37.8 Å². The molecule has 1 fully saturated rings. The number of carbonyl (C=O) groups is 3. The Labute approximate surface area is 161 Å². The van der Waals surface area contributed by atoms with Gasteiger partial charge in [-0.3, -0.25) is 23.7 Å². The van der Waals surface area contributed by atoms with Gasteiger partial charge in [-0.25, -0.2) is 14.7 Å². The highest BCUT2D eigenvalue weighted by Gasteiger charge is 2.44. The van der Waals surface area contributed by atoms with Crippen LogP contribution in [0.15, 0.2) is 46.9 Å². The highest BCUT2D eigenvalue weighted by atomic mass is 16.2. The molecule has 0 atom stereocenters. The van der Waals surface area contributed by atoms with Crippen LogP contribution in [0.5, 0.6) is 0 Å². The van der Waals surface area contributed by atoms with Gasteiger partial charge in [0.05, 0.1) is 12.2 Å². The van der Waals surface area contributed by atoms with Crippen molar-refractivity contribution in [2.45, 2.75) is 38.6 Å². The number of imide groups is 2. The predicted octanol–water partition coefficient (Wildman–Crippen LogP) is 1.88. The lowest BCUT2D eigenvalue weighted by Crippen LogP contribution is -2.34. The van der Waals surface area contributed by atoms with Crippen molar-refractivity contribution in [3.05, 3.63) is 58.2 Å². The Kier molecular flexibility index (Phi) is 4.77. The van der Waals surface area contributed by atoms with Crippen LogP contribution in [-0.4, -0.2) is 43.6 Å². The van der Waals surface area contributed by atoms with Crippen LogP contribution in [-0.2, 0) is 16.1 Å². The molecule has 1 saturated heterocycles. The standard InChI is InChI=1S/C20H20N4O4/c25-17-12-15(21-16-8-4-5-10-22(16)17)13-24-19(27)18(26)23(20(24)28)11-9-14-6-2-1-3-7-14/h4-6,8,10,12H,1-3,7,9,11,13H2. The van der Waals surface area contributed by atoms with Gasteiger partial charge in [-0.2, -0.15) is 0 Å². The van der Waals surface area contributed by atoms with E-state index < -0.39 is 17.8 Å². The van der Waals surface area contributed by atoms with Gasteiger partial charge in [0.1, 0.15) is 5.65 Å². The van der Waals surface area contributed by atoms with Crippen molar-refractivity contribution in [3.8, 4) is 0 Å². The summed E-state index contributed by atoms with van der Waals surface area (Å²) in [5.74, 6) is -1.70. The normalized spacial score (nSPS) is 17.6. The van der Waals surface area contributed by atoms with Gasteiger partial charge < -0.3 is 0 Å². The number of urea groups is 1. The second kappa shape index (κ2) is 7.38. The van der Waals surface area contributed by atoms with Crippen molar-refractivity contribution in [2.24, 2.45) is 0 Å². The molecule has 0 saturated carbocycles. The Morgan fingerprint density at radius 2 is 1.82 bits per heavy atom. The molecule has 0 aromatic carbocycles. The number of nitrogens with zero attached hydrogens (tertiary/aromatic N) is 4. The van der Waals surface area contributed by atoms with Gasteiger partial charge in [-0.1, -0.05) is 17.7 Å². The van der Waals surface area contributed by atoms with Crippen LogP contribution in [0.4, 0.5) is 4.79 Å². The molecule has 1 aliphatic carbocycles. The molecule has 3 heterocycles. The average Bonchev–Trinajstić information content (AvgIpc) is 2.90. The maximum Gasteiger partial charge on any atom is 0.334 e. The topological polar surface area (TPSA) is 92.1 Å². The maximum atomic E-state index is 12.6. The average molecular weight is 380 g/mol. The molecule has 0 unspecified atom stereocenters. The fourth-order valence-electron chi connectivity index (χ4n) is 3.62. The molecule has 4 amide bonds. The minimum Gasteiger partial charge on any atom is -0.269 e. The quantitative estimate of drug-likeness (QED) is 0.449. The van der Waals surface area contributed by atoms with E-state index in [2.05, 4.69) is 11.1 Å². The molecular weight excluding hydrogens is 360 g/mol. The van der Waals surface area contributed by atoms with Gasteiger partial charge in [0.2, 0.25) is 0 Å². The van der Waals surface area contributed by atoms with E-state index >= 15 is 0 Å². The summed E-state index contributed by atoms with van der Waals surface area (Å²) in [5.41, 5.74) is 1.59. The first-order valence-corrected chi connectivity index (χ1v) is 9.37. The van der Waals surface area contributed by atoms with Crippen molar-refractivity contribution in [3.63, 3.8) is 0 Å². The minimum absolute atomic E-state index is 0.194. The largest absolute Gasteiger partial charge is 0.334 e. The van der Waals surface area contributed by atoms with E-state index in [0.717, 1.165) is 35.5 Å². The summed E-state index contributed by atoms with van der Waals surface area (Å²) in [4.78, 5) is 55.6. The maximum absolute atomic E-state index is 12.6. The van der Waals surface area contributed by atoms with E-state index in [-0.39, 0.29) is 24.3 Å². The number of allylic oxidation sites excluding steroid dienone is 1. The van der Waals surface area contributed by atoms with E-state index in [1.54, 1.807) is 24.4 Å². The zero-order chi connectivity index (χ0) is 19.7. The number of aromatic nitrogens is 2. The lowest BCUT2D eigenvalue weighted by molar-refractivity contribution is -0.143. The molecule has 2 aromatic heterocycles. The first-order chi connectivity index (χ1) is 13.5. The van der Waals surface area contributed by atoms with E-state index in [1.165, 1.54) is 16.0 Å². The van der Waals surface area contributed by atoms with Crippen molar-refractivity contribution in [1.29, 1.82) is 0 Å². The van der Waals surface area contributed by atoms with Gasteiger partial charge in [0.25, 0.3) is 5.56 Å². The smallest absolute Gasteiger partial charge is 0.269 e. The molecule has 0 bridgehead atoms. The van der Waals surface area contributed by atoms with Crippen LogP contribution in [0.3, 0.4) is 0 Å². The summed E-state index contributed by atoms with van der Waals surface area (Å²) >= 11 is 0. The molecule has 8 nitrogen and oxygen atoms in total. The summed E-state index contributed by atoms with van der Waals surface area (Å²) < 4.78 is 1.37. The lowest BCUT2D eigenvalue weighted by atomic mass is 9.97. The van der Waals surface area contributed by atoms with Crippen LogP contribution in [0.25, 0.3) is 5.65 Å². The Bertz CT molecular complexity index is 1060. The van der Waals surface area contributed by atoms with E-state index in [0.29, 0.717) is 12.1 Å². The van der Waals surface area contributed by atoms with Crippen molar-refractivity contribution in [2.75, 3.05) is 6.54 Å². The highest BCUT2D eigenvalue weighted by Crippen LogP contribution is 2.22. The Hall–Kier alpha value is -3.29. The zero-order valence-electron chi connectivity index (χ0n) is 15.3. The van der Waals surface area contributed by atoms with Crippen LogP contribution in [0, 0.1) is 0 Å². The molecule has 144 valence electrons. The van der Waals surface area contributed by atoms with Crippen molar-refractivity contribution >= 4 is 23.5 Å². The molecule has 28 heavy (non-hydrogen) atoms. The number of amides is 4. The first kappa shape index (κ1) is 18.1. The second-order valence-electron chi connectivity index (χ2n) is 7.00. The lowest BCUT2D eigenvalue weighted by Gasteiger charge is -2.17. The predicted molar refractivity (Wildman–Crippen MR) is 100 cm³/mol. The van der Waals surface area contributed by atoms with Crippen molar-refractivity contribution < 1.29 is 14.4 Å². The summed E-state index contributed by atoms with van der Waals surface area (Å²) in [6.45, 7) is -0.0111. The fraction of sp³-hybridized carbons (Fsp3) is 0.350. The Morgan fingerprint density at radius 1 is 1.00 bits per heavy atom. The van der Waals surface area contributed by atoms with Gasteiger partial charge in [-0.05, 0) is 44.2 Å². The zero-order valence-corrected chi connectivity index (χ0v) is 15.3. The van der Waals surface area contributed by atoms with Gasteiger partial charge >= 0.3 is 17.8 Å². The van der Waals surface area contributed by atoms with Gasteiger partial charge in [0, 0.05) is 18.8 Å². The van der Waals surface area contributed by atoms with Crippen LogP contribution in [0.2, 0.25) is 0 Å². The first-order valence-electron chi connectivity index (χ1n) is 9.37. The van der Waals surface area contributed by atoms with E-state index in [9.17, 15) is 19.2 Å². The fourth-order valence-corrected chi connectivity index (χ4v) is 3.62. The molecule has 4 rings (SSSR count). The molecule has 0 spiro atoms. The SMILES string of the molecule is O=C1C(=O)N(Cc2cc(=O)n3ccccc3n2)C(=O)N1CCC1=CCCCC1. The highest BCUT2D eigenvalue weighted by molar-refractivity contribution is 6.44. The summed E-state index contributed by atoms with van der Waals surface area (Å²) in [7, 11) is 0. The third-order valence-corrected chi connectivity index (χ3v) is 5.12. The minimum atomic E-state index is -0.877. The number of pyridine rings is 1. The molecule has 0 N–H and O–H groups in total. The number of hydrogen-bond donors (Lipinski definition) is 0. The van der Waals surface area contributed by atoms with Crippen LogP contribution < -0.4 is 5.56 Å². The molecular formula is C20H20N4O4. The number of fused-ring (bicyclic) bond motifs is 1. The van der Waals surface area contributed by atoms with Crippen molar-refractivity contribution in [1.82, 2.24) is 19.2 Å².